The van der Waals surface area contributed by atoms with E-state index in [-0.39, 0.29) is 5.91 Å². The molecule has 0 aromatic rings. The van der Waals surface area contributed by atoms with Crippen LogP contribution in [0.15, 0.2) is 47.1 Å². The Labute approximate surface area is 116 Å². The van der Waals surface area contributed by atoms with Gasteiger partial charge in [-0.3, -0.25) is 4.79 Å². The van der Waals surface area contributed by atoms with Gasteiger partial charge in [-0.15, -0.1) is 0 Å². The third-order valence-electron chi connectivity index (χ3n) is 3.89. The second kappa shape index (κ2) is 6.55. The third kappa shape index (κ3) is 3.95. The predicted molar refractivity (Wildman–Crippen MR) is 79.7 cm³/mol. The number of carbonyl (C=O) groups is 1. The second-order valence-electron chi connectivity index (χ2n) is 5.43. The van der Waals surface area contributed by atoms with Crippen molar-refractivity contribution in [1.82, 2.24) is 5.32 Å². The average Bonchev–Trinajstić information content (AvgIpc) is 2.46. The Morgan fingerprint density at radius 1 is 1.37 bits per heavy atom. The summed E-state index contributed by atoms with van der Waals surface area (Å²) in [6, 6.07) is 0. The van der Waals surface area contributed by atoms with Gasteiger partial charge in [0.15, 0.2) is 0 Å². The van der Waals surface area contributed by atoms with Gasteiger partial charge in [0.1, 0.15) is 0 Å². The number of nitrogens with one attached hydrogen (secondary N) is 1. The summed E-state index contributed by atoms with van der Waals surface area (Å²) >= 11 is 0. The zero-order valence-electron chi connectivity index (χ0n) is 11.9. The van der Waals surface area contributed by atoms with Crippen LogP contribution in [0.3, 0.4) is 0 Å². The predicted octanol–water partition coefficient (Wildman–Crippen LogP) is 3.68. The first-order valence-electron chi connectivity index (χ1n) is 7.20. The van der Waals surface area contributed by atoms with E-state index in [0.29, 0.717) is 12.5 Å². The molecule has 0 fully saturated rings. The van der Waals surface area contributed by atoms with Crippen molar-refractivity contribution in [2.75, 3.05) is 6.54 Å². The van der Waals surface area contributed by atoms with E-state index in [2.05, 4.69) is 37.4 Å². The van der Waals surface area contributed by atoms with Crippen LogP contribution in [-0.2, 0) is 4.79 Å². The quantitative estimate of drug-likeness (QED) is 0.817. The van der Waals surface area contributed by atoms with Gasteiger partial charge in [-0.05, 0) is 44.1 Å². The molecule has 102 valence electrons. The lowest BCUT2D eigenvalue weighted by molar-refractivity contribution is -0.117. The molecule has 0 bridgehead atoms. The normalized spacial score (nSPS) is 22.4. The van der Waals surface area contributed by atoms with Gasteiger partial charge >= 0.3 is 0 Å². The summed E-state index contributed by atoms with van der Waals surface area (Å²) < 4.78 is 0. The van der Waals surface area contributed by atoms with Crippen LogP contribution in [0.4, 0.5) is 0 Å². The van der Waals surface area contributed by atoms with Gasteiger partial charge in [-0.2, -0.15) is 0 Å². The van der Waals surface area contributed by atoms with Crippen molar-refractivity contribution in [2.45, 2.75) is 39.5 Å². The second-order valence-corrected chi connectivity index (χ2v) is 5.43. The van der Waals surface area contributed by atoms with Crippen molar-refractivity contribution < 1.29 is 4.79 Å². The highest BCUT2D eigenvalue weighted by Gasteiger charge is 2.12. The Balaban J connectivity index is 1.82. The molecule has 0 aliphatic heterocycles. The van der Waals surface area contributed by atoms with E-state index < -0.39 is 0 Å². The number of hydrogen-bond acceptors (Lipinski definition) is 1. The summed E-state index contributed by atoms with van der Waals surface area (Å²) in [4.78, 5) is 12.0. The topological polar surface area (TPSA) is 29.1 Å². The molecule has 0 saturated heterocycles. The summed E-state index contributed by atoms with van der Waals surface area (Å²) in [5, 5.41) is 3.01. The maximum Gasteiger partial charge on any atom is 0.247 e. The van der Waals surface area contributed by atoms with Crippen molar-refractivity contribution in [3.8, 4) is 0 Å². The van der Waals surface area contributed by atoms with Crippen LogP contribution in [0.25, 0.3) is 0 Å². The molecule has 19 heavy (non-hydrogen) atoms. The smallest absolute Gasteiger partial charge is 0.247 e. The van der Waals surface area contributed by atoms with E-state index in [4.69, 9.17) is 0 Å². The molecule has 2 nitrogen and oxygen atoms in total. The van der Waals surface area contributed by atoms with Crippen LogP contribution in [0.2, 0.25) is 0 Å². The fourth-order valence-electron chi connectivity index (χ4n) is 2.37. The molecular formula is C17H23NO. The van der Waals surface area contributed by atoms with Crippen LogP contribution in [0.1, 0.15) is 39.5 Å². The Hall–Kier alpha value is -1.57. The van der Waals surface area contributed by atoms with Crippen molar-refractivity contribution in [1.29, 1.82) is 0 Å². The highest BCUT2D eigenvalue weighted by atomic mass is 16.1. The molecule has 0 radical (unpaired) electrons. The number of hydrogen-bond donors (Lipinski definition) is 1. The van der Waals surface area contributed by atoms with E-state index in [1.165, 1.54) is 17.6 Å². The fourth-order valence-corrected chi connectivity index (χ4v) is 2.37. The first-order chi connectivity index (χ1) is 9.19. The van der Waals surface area contributed by atoms with Gasteiger partial charge < -0.3 is 5.32 Å². The van der Waals surface area contributed by atoms with Gasteiger partial charge in [-0.25, -0.2) is 0 Å². The molecule has 0 spiro atoms. The van der Waals surface area contributed by atoms with Crippen molar-refractivity contribution >= 4 is 5.91 Å². The zero-order chi connectivity index (χ0) is 13.7. The van der Waals surface area contributed by atoms with E-state index in [1.54, 1.807) is 0 Å². The van der Waals surface area contributed by atoms with Gasteiger partial charge in [0.25, 0.3) is 0 Å². The molecule has 1 amide bonds. The van der Waals surface area contributed by atoms with E-state index in [0.717, 1.165) is 24.8 Å². The molecule has 0 aromatic carbocycles. The van der Waals surface area contributed by atoms with Crippen LogP contribution in [0, 0.1) is 5.92 Å². The largest absolute Gasteiger partial charge is 0.348 e. The lowest BCUT2D eigenvalue weighted by Crippen LogP contribution is -2.27. The average molecular weight is 257 g/mol. The number of carbonyl (C=O) groups excluding carboxylic acids is 1. The molecular weight excluding hydrogens is 234 g/mol. The molecule has 2 aliphatic carbocycles. The molecule has 1 atom stereocenters. The minimum absolute atomic E-state index is 0.0793. The first-order valence-corrected chi connectivity index (χ1v) is 7.20. The summed E-state index contributed by atoms with van der Waals surface area (Å²) in [5.74, 6) is 0.754. The molecule has 0 heterocycles. The number of rotatable bonds is 4. The van der Waals surface area contributed by atoms with Crippen LogP contribution in [-0.4, -0.2) is 12.5 Å². The minimum atomic E-state index is 0.0793. The standard InChI is InChI=1S/C17H23NO/c1-3-14-6-8-15(9-7-14)12-18-17(19)16-10-4-13(2)5-11-16/h4,6,8-10,14H,3,5,7,11-12H2,1-2H3,(H,18,19). The lowest BCUT2D eigenvalue weighted by Gasteiger charge is -2.16. The summed E-state index contributed by atoms with van der Waals surface area (Å²) in [7, 11) is 0. The monoisotopic (exact) mass is 257 g/mol. The van der Waals surface area contributed by atoms with Crippen molar-refractivity contribution in [3.05, 3.63) is 47.1 Å². The molecule has 0 saturated carbocycles. The van der Waals surface area contributed by atoms with E-state index in [9.17, 15) is 4.79 Å². The maximum absolute atomic E-state index is 12.0. The molecule has 2 aliphatic rings. The summed E-state index contributed by atoms with van der Waals surface area (Å²) in [5.41, 5.74) is 3.47. The van der Waals surface area contributed by atoms with Gasteiger partial charge in [-0.1, -0.05) is 42.9 Å². The fraction of sp³-hybridized carbons (Fsp3) is 0.471. The molecule has 2 heteroatoms. The minimum Gasteiger partial charge on any atom is -0.348 e. The summed E-state index contributed by atoms with van der Waals surface area (Å²) in [6.07, 6.45) is 14.8. The molecule has 1 unspecified atom stereocenters. The Morgan fingerprint density at radius 2 is 2.21 bits per heavy atom. The molecule has 2 rings (SSSR count). The highest BCUT2D eigenvalue weighted by Crippen LogP contribution is 2.19. The Morgan fingerprint density at radius 3 is 2.79 bits per heavy atom. The van der Waals surface area contributed by atoms with Gasteiger partial charge in [0, 0.05) is 12.1 Å². The molecule has 0 aromatic heterocycles. The Kier molecular flexibility index (Phi) is 4.78. The van der Waals surface area contributed by atoms with Crippen molar-refractivity contribution in [3.63, 3.8) is 0 Å². The SMILES string of the molecule is CCC1C=CC(CNC(=O)C2=CC=C(C)CC2)=CC1. The van der Waals surface area contributed by atoms with E-state index >= 15 is 0 Å². The number of amides is 1. The van der Waals surface area contributed by atoms with Crippen LogP contribution in [0.5, 0.6) is 0 Å². The van der Waals surface area contributed by atoms with Crippen LogP contribution >= 0.6 is 0 Å². The summed E-state index contributed by atoms with van der Waals surface area (Å²) in [6.45, 7) is 4.96. The zero-order valence-corrected chi connectivity index (χ0v) is 11.9. The van der Waals surface area contributed by atoms with Gasteiger partial charge in [0.2, 0.25) is 5.91 Å². The third-order valence-corrected chi connectivity index (χ3v) is 3.89. The lowest BCUT2D eigenvalue weighted by atomic mass is 9.94. The number of allylic oxidation sites excluding steroid dienone is 5. The van der Waals surface area contributed by atoms with E-state index in [1.807, 2.05) is 12.2 Å². The highest BCUT2D eigenvalue weighted by molar-refractivity contribution is 5.94. The maximum atomic E-state index is 12.0. The van der Waals surface area contributed by atoms with Gasteiger partial charge in [0.05, 0.1) is 0 Å². The Bertz CT molecular complexity index is 466. The van der Waals surface area contributed by atoms with Crippen molar-refractivity contribution in [2.24, 2.45) is 5.92 Å². The molecule has 1 N–H and O–H groups in total. The first kappa shape index (κ1) is 13.9. The van der Waals surface area contributed by atoms with Crippen LogP contribution < -0.4 is 5.32 Å².